The number of nitrogens with one attached hydrogen (secondary N) is 4. The molecule has 15 nitrogen and oxygen atoms in total. The molecular weight excluding hydrogens is 899 g/mol. The van der Waals surface area contributed by atoms with Crippen LogP contribution in [0.4, 0.5) is 0 Å². The van der Waals surface area contributed by atoms with Crippen LogP contribution in [0.15, 0.2) is 97.5 Å². The number of H-pyrrole nitrogens is 1. The molecule has 1 saturated carbocycles. The Kier molecular flexibility index (Phi) is 16.9. The number of hydrogen-bond acceptors (Lipinski definition) is 11. The zero-order valence-corrected chi connectivity index (χ0v) is 41.0. The number of hydrogen-bond donors (Lipinski definition) is 4. The predicted molar refractivity (Wildman–Crippen MR) is 272 cm³/mol. The van der Waals surface area contributed by atoms with Crippen LogP contribution in [0.2, 0.25) is 0 Å². The van der Waals surface area contributed by atoms with Crippen LogP contribution in [0.5, 0.6) is 11.6 Å². The van der Waals surface area contributed by atoms with Crippen molar-refractivity contribution in [1.82, 2.24) is 35.8 Å². The van der Waals surface area contributed by atoms with Gasteiger partial charge in [-0.3, -0.25) is 19.4 Å². The summed E-state index contributed by atoms with van der Waals surface area (Å²) in [6.07, 6.45) is 13.5. The Hall–Kier alpha value is -6.39. The lowest BCUT2D eigenvalue weighted by molar-refractivity contribution is -0.146. The average molecular weight is 966 g/mol. The fourth-order valence-electron chi connectivity index (χ4n) is 10.3. The van der Waals surface area contributed by atoms with Gasteiger partial charge in [0.05, 0.1) is 51.7 Å². The number of benzene rings is 3. The molecule has 4 heterocycles. The molecule has 0 spiro atoms. The summed E-state index contributed by atoms with van der Waals surface area (Å²) in [5, 5.41) is 11.7. The molecule has 4 N–H and O–H groups in total. The van der Waals surface area contributed by atoms with Crippen molar-refractivity contribution in [3.8, 4) is 22.8 Å². The van der Waals surface area contributed by atoms with Gasteiger partial charge >= 0.3 is 0 Å². The molecule has 1 aliphatic heterocycles. The second kappa shape index (κ2) is 24.2. The molecule has 15 heteroatoms. The summed E-state index contributed by atoms with van der Waals surface area (Å²) in [5.41, 5.74) is 8.50. The molecule has 3 aliphatic rings. The molecule has 3 amide bonds. The molecular formula is C56H67N7O8. The molecule has 2 aliphatic carbocycles. The monoisotopic (exact) mass is 966 g/mol. The summed E-state index contributed by atoms with van der Waals surface area (Å²) in [7, 11) is 1.73. The molecule has 0 saturated heterocycles. The minimum absolute atomic E-state index is 0.00813. The maximum Gasteiger partial charge on any atom is 0.246 e. The van der Waals surface area contributed by atoms with Gasteiger partial charge in [-0.1, -0.05) is 61.7 Å². The summed E-state index contributed by atoms with van der Waals surface area (Å²) in [5.74, 6) is 0.576. The lowest BCUT2D eigenvalue weighted by atomic mass is 9.82. The fraction of sp³-hybridized carbons (Fsp3) is 0.446. The maximum atomic E-state index is 14.9. The molecule has 0 radical (unpaired) electrons. The van der Waals surface area contributed by atoms with Gasteiger partial charge < -0.3 is 49.5 Å². The maximum absolute atomic E-state index is 14.9. The van der Waals surface area contributed by atoms with E-state index >= 15 is 0 Å². The summed E-state index contributed by atoms with van der Waals surface area (Å²) >= 11 is 0. The van der Waals surface area contributed by atoms with Gasteiger partial charge in [-0.05, 0) is 110 Å². The number of fused-ring (bicyclic) bond motifs is 5. The number of pyridine rings is 2. The van der Waals surface area contributed by atoms with Crippen molar-refractivity contribution in [3.63, 3.8) is 0 Å². The molecule has 374 valence electrons. The molecule has 6 aromatic rings. The smallest absolute Gasteiger partial charge is 0.246 e. The van der Waals surface area contributed by atoms with Crippen LogP contribution in [-0.2, 0) is 48.0 Å². The van der Waals surface area contributed by atoms with Gasteiger partial charge in [-0.25, -0.2) is 4.98 Å². The minimum Gasteiger partial charge on any atom is -0.491 e. The van der Waals surface area contributed by atoms with Gasteiger partial charge in [0.15, 0.2) is 0 Å². The van der Waals surface area contributed by atoms with Crippen LogP contribution < -0.4 is 25.4 Å². The van der Waals surface area contributed by atoms with Crippen molar-refractivity contribution in [2.45, 2.75) is 95.4 Å². The number of aromatic amines is 1. The van der Waals surface area contributed by atoms with E-state index in [-0.39, 0.29) is 36.2 Å². The molecule has 3 aromatic heterocycles. The molecule has 1 fully saturated rings. The highest BCUT2D eigenvalue weighted by molar-refractivity contribution is 6.07. The van der Waals surface area contributed by atoms with Crippen molar-refractivity contribution < 1.29 is 38.1 Å². The first-order valence-electron chi connectivity index (χ1n) is 25.4. The van der Waals surface area contributed by atoms with E-state index in [1.807, 2.05) is 60.9 Å². The lowest BCUT2D eigenvalue weighted by Gasteiger charge is -2.41. The van der Waals surface area contributed by atoms with Gasteiger partial charge in [0.2, 0.25) is 23.6 Å². The van der Waals surface area contributed by atoms with Crippen LogP contribution in [0.1, 0.15) is 80.2 Å². The first kappa shape index (κ1) is 49.6. The summed E-state index contributed by atoms with van der Waals surface area (Å²) in [4.78, 5) is 56.6. The number of ether oxygens (including phenoxy) is 5. The van der Waals surface area contributed by atoms with E-state index in [1.54, 1.807) is 25.1 Å². The summed E-state index contributed by atoms with van der Waals surface area (Å²) in [6.45, 7) is 5.17. The van der Waals surface area contributed by atoms with Crippen molar-refractivity contribution >= 4 is 39.5 Å². The van der Waals surface area contributed by atoms with Crippen LogP contribution in [-0.4, -0.2) is 116 Å². The molecule has 71 heavy (non-hydrogen) atoms. The van der Waals surface area contributed by atoms with Crippen LogP contribution in [0.25, 0.3) is 32.9 Å². The van der Waals surface area contributed by atoms with Crippen LogP contribution >= 0.6 is 0 Å². The predicted octanol–water partition coefficient (Wildman–Crippen LogP) is 7.41. The van der Waals surface area contributed by atoms with Gasteiger partial charge in [-0.2, -0.15) is 0 Å². The van der Waals surface area contributed by atoms with Crippen molar-refractivity contribution in [2.75, 3.05) is 59.9 Å². The van der Waals surface area contributed by atoms with E-state index in [2.05, 4.69) is 61.2 Å². The number of likely N-dealkylation sites (N-methyl/N-ethyl adjacent to an activating group) is 1. The molecule has 4 atom stereocenters. The first-order valence-corrected chi connectivity index (χ1v) is 25.4. The topological polar surface area (TPSA) is 178 Å². The SMILES string of the molecule is CN[C@@H](C)C(=O)N[C@H](C(=O)N1Cc2cc(OCCOCCOCCOCCOc3ccc(-c4ccc5c(c4)[nH]c4ccncc45)cn3)ccc2C[C@@H]1C(=O)N[C@H]1CCCc2ccccc21)C1CCCCC1. The Bertz CT molecular complexity index is 2740. The van der Waals surface area contributed by atoms with Crippen molar-refractivity contribution in [1.29, 1.82) is 0 Å². The Morgan fingerprint density at radius 3 is 2.27 bits per heavy atom. The van der Waals surface area contributed by atoms with Crippen molar-refractivity contribution in [3.05, 3.63) is 120 Å². The third-order valence-corrected chi connectivity index (χ3v) is 14.3. The highest BCUT2D eigenvalue weighted by Crippen LogP contribution is 2.35. The zero-order chi connectivity index (χ0) is 48.9. The van der Waals surface area contributed by atoms with Crippen LogP contribution in [0, 0.1) is 5.92 Å². The second-order valence-corrected chi connectivity index (χ2v) is 18.9. The number of rotatable bonds is 22. The van der Waals surface area contributed by atoms with Gasteiger partial charge in [0, 0.05) is 65.0 Å². The highest BCUT2D eigenvalue weighted by Gasteiger charge is 2.42. The van der Waals surface area contributed by atoms with Crippen LogP contribution in [0.3, 0.4) is 0 Å². The van der Waals surface area contributed by atoms with E-state index in [0.717, 1.165) is 101 Å². The number of aryl methyl sites for hydroxylation is 1. The fourth-order valence-corrected chi connectivity index (χ4v) is 10.3. The van der Waals surface area contributed by atoms with Gasteiger partial charge in [-0.15, -0.1) is 0 Å². The highest BCUT2D eigenvalue weighted by atomic mass is 16.6. The quantitative estimate of drug-likeness (QED) is 0.0499. The number of amides is 3. The molecule has 0 bridgehead atoms. The standard InChI is InChI=1S/C56H67N7O8/c1-37(57-2)54(64)62-53(39-10-4-3-5-11-39)56(66)63-36-43-31-44(18-15-41(43)33-51(63)55(65)61-48-14-8-12-38-9-6-7-13-45(38)48)70-29-27-68-25-23-67-24-26-69-28-30-71-52-20-17-42(34-59-52)40-16-19-46-47-35-58-22-21-49(47)60-50(46)32-40/h6-7,9,13,15-22,31-32,34-35,37,39,48,51,53,57,60H,3-5,8,10-12,14,23-30,33,36H2,1-2H3,(H,61,65)(H,62,64)/t37-,48-,51+,53-/m0/s1. The Labute approximate surface area is 415 Å². The largest absolute Gasteiger partial charge is 0.491 e. The molecule has 0 unspecified atom stereocenters. The first-order chi connectivity index (χ1) is 34.8. The van der Waals surface area contributed by atoms with E-state index < -0.39 is 18.1 Å². The van der Waals surface area contributed by atoms with Gasteiger partial charge in [0.25, 0.3) is 0 Å². The van der Waals surface area contributed by atoms with E-state index in [9.17, 15) is 14.4 Å². The normalized spacial score (nSPS) is 17.8. The molecule has 3 aromatic carbocycles. The number of carbonyl (C=O) groups excluding carboxylic acids is 3. The number of aromatic nitrogens is 3. The van der Waals surface area contributed by atoms with E-state index in [4.69, 9.17) is 23.7 Å². The van der Waals surface area contributed by atoms with E-state index in [0.29, 0.717) is 70.9 Å². The second-order valence-electron chi connectivity index (χ2n) is 18.9. The third kappa shape index (κ3) is 12.4. The number of carbonyl (C=O) groups is 3. The summed E-state index contributed by atoms with van der Waals surface area (Å²) < 4.78 is 29.1. The average Bonchev–Trinajstić information content (AvgIpc) is 3.79. The third-order valence-electron chi connectivity index (χ3n) is 14.3. The Morgan fingerprint density at radius 1 is 0.732 bits per heavy atom. The van der Waals surface area contributed by atoms with Gasteiger partial charge in [0.1, 0.15) is 31.0 Å². The minimum atomic E-state index is -0.734. The zero-order valence-electron chi connectivity index (χ0n) is 41.0. The van der Waals surface area contributed by atoms with Crippen molar-refractivity contribution in [2.24, 2.45) is 5.92 Å². The Morgan fingerprint density at radius 2 is 1.49 bits per heavy atom. The summed E-state index contributed by atoms with van der Waals surface area (Å²) in [6, 6.07) is 24.3. The molecule has 9 rings (SSSR count). The Balaban J connectivity index is 0.708. The lowest BCUT2D eigenvalue weighted by Crippen LogP contribution is -2.60. The van der Waals surface area contributed by atoms with E-state index in [1.165, 1.54) is 5.56 Å². The number of nitrogens with zero attached hydrogens (tertiary/aromatic N) is 3.